The zero-order valence-electron chi connectivity index (χ0n) is 16.5. The van der Waals surface area contributed by atoms with Gasteiger partial charge in [-0.25, -0.2) is 4.79 Å². The molecule has 7 nitrogen and oxygen atoms in total. The van der Waals surface area contributed by atoms with Gasteiger partial charge in [0.15, 0.2) is 0 Å². The van der Waals surface area contributed by atoms with Crippen LogP contribution < -0.4 is 0 Å². The van der Waals surface area contributed by atoms with Crippen molar-refractivity contribution in [2.75, 3.05) is 32.8 Å². The number of carbonyl (C=O) groups excluding carboxylic acids is 2. The summed E-state index contributed by atoms with van der Waals surface area (Å²) in [4.78, 5) is 33.1. The maximum atomic E-state index is 13.3. The molecule has 2 aromatic heterocycles. The Morgan fingerprint density at radius 1 is 1.00 bits per heavy atom. The second-order valence-electron chi connectivity index (χ2n) is 6.97. The van der Waals surface area contributed by atoms with Crippen molar-refractivity contribution < 1.29 is 14.3 Å². The van der Waals surface area contributed by atoms with Crippen LogP contribution in [-0.2, 0) is 11.3 Å². The molecule has 2 amide bonds. The Bertz CT molecular complexity index is 1010. The number of fused-ring (bicyclic) bond motifs is 1. The highest BCUT2D eigenvalue weighted by atomic mass is 16.6. The lowest BCUT2D eigenvalue weighted by Crippen LogP contribution is -2.51. The first-order chi connectivity index (χ1) is 14.2. The van der Waals surface area contributed by atoms with E-state index in [9.17, 15) is 9.59 Å². The lowest BCUT2D eigenvalue weighted by Gasteiger charge is -2.34. The molecule has 3 aromatic rings. The Hall–Kier alpha value is -3.35. The molecule has 1 fully saturated rings. The quantitative estimate of drug-likeness (QED) is 0.685. The molecule has 0 unspecified atom stereocenters. The predicted octanol–water partition coefficient (Wildman–Crippen LogP) is 3.00. The van der Waals surface area contributed by atoms with Crippen LogP contribution in [0.5, 0.6) is 0 Å². The Morgan fingerprint density at radius 2 is 1.72 bits per heavy atom. The molecule has 29 heavy (non-hydrogen) atoms. The van der Waals surface area contributed by atoms with Gasteiger partial charge in [-0.2, -0.15) is 0 Å². The molecule has 0 radical (unpaired) electrons. The topological polar surface area (TPSA) is 67.7 Å². The third-order valence-electron chi connectivity index (χ3n) is 5.17. The predicted molar refractivity (Wildman–Crippen MR) is 110 cm³/mol. The smallest absolute Gasteiger partial charge is 0.409 e. The zero-order chi connectivity index (χ0) is 20.2. The average Bonchev–Trinajstić information content (AvgIpc) is 3.13. The van der Waals surface area contributed by atoms with Crippen LogP contribution in [0.25, 0.3) is 10.9 Å². The molecule has 0 aliphatic carbocycles. The molecule has 1 saturated heterocycles. The van der Waals surface area contributed by atoms with Gasteiger partial charge in [0, 0.05) is 43.3 Å². The number of amides is 2. The highest BCUT2D eigenvalue weighted by Crippen LogP contribution is 2.23. The second kappa shape index (κ2) is 8.34. The first-order valence-electron chi connectivity index (χ1n) is 9.86. The number of ether oxygens (including phenoxy) is 1. The van der Waals surface area contributed by atoms with Crippen molar-refractivity contribution in [1.82, 2.24) is 19.4 Å². The van der Waals surface area contributed by atoms with Gasteiger partial charge in [-0.05, 0) is 31.2 Å². The minimum Gasteiger partial charge on any atom is -0.450 e. The SMILES string of the molecule is CCOC(=O)N1CCN(C(=O)c2cc3ccccc3n2Cc2ccccn2)CC1. The normalized spacial score (nSPS) is 14.2. The number of benzene rings is 1. The van der Waals surface area contributed by atoms with Crippen molar-refractivity contribution in [2.24, 2.45) is 0 Å². The summed E-state index contributed by atoms with van der Waals surface area (Å²) in [7, 11) is 0. The lowest BCUT2D eigenvalue weighted by molar-refractivity contribution is 0.0563. The fourth-order valence-corrected chi connectivity index (χ4v) is 3.68. The van der Waals surface area contributed by atoms with E-state index >= 15 is 0 Å². The number of rotatable bonds is 4. The standard InChI is InChI=1S/C22H24N4O3/c1-2-29-22(28)25-13-11-24(12-14-25)21(27)20-15-17-7-3-4-9-19(17)26(20)16-18-8-5-6-10-23-18/h3-10,15H,2,11-14,16H2,1H3. The van der Waals surface area contributed by atoms with Crippen LogP contribution >= 0.6 is 0 Å². The molecule has 1 aliphatic heterocycles. The van der Waals surface area contributed by atoms with E-state index < -0.39 is 0 Å². The molecular weight excluding hydrogens is 368 g/mol. The molecule has 0 bridgehead atoms. The number of nitrogens with zero attached hydrogens (tertiary/aromatic N) is 4. The third kappa shape index (κ3) is 3.94. The Labute approximate surface area is 169 Å². The van der Waals surface area contributed by atoms with Crippen molar-refractivity contribution in [3.8, 4) is 0 Å². The number of hydrogen-bond acceptors (Lipinski definition) is 4. The molecule has 7 heteroatoms. The van der Waals surface area contributed by atoms with E-state index in [0.717, 1.165) is 16.6 Å². The maximum Gasteiger partial charge on any atom is 0.409 e. The van der Waals surface area contributed by atoms with Crippen molar-refractivity contribution in [1.29, 1.82) is 0 Å². The van der Waals surface area contributed by atoms with Gasteiger partial charge in [0.1, 0.15) is 5.69 Å². The molecule has 4 rings (SSSR count). The molecule has 0 saturated carbocycles. The molecule has 0 N–H and O–H groups in total. The number of aromatic nitrogens is 2. The van der Waals surface area contributed by atoms with E-state index in [0.29, 0.717) is 45.0 Å². The first kappa shape index (κ1) is 19.0. The number of pyridine rings is 1. The van der Waals surface area contributed by atoms with E-state index in [1.165, 1.54) is 0 Å². The number of piperazine rings is 1. The minimum atomic E-state index is -0.316. The van der Waals surface area contributed by atoms with Crippen LogP contribution in [0, 0.1) is 0 Å². The largest absolute Gasteiger partial charge is 0.450 e. The molecule has 1 aliphatic rings. The van der Waals surface area contributed by atoms with E-state index in [2.05, 4.69) is 4.98 Å². The average molecular weight is 392 g/mol. The van der Waals surface area contributed by atoms with E-state index in [1.807, 2.05) is 53.1 Å². The molecule has 0 spiro atoms. The van der Waals surface area contributed by atoms with Crippen LogP contribution in [0.1, 0.15) is 23.1 Å². The number of carbonyl (C=O) groups is 2. The first-order valence-corrected chi connectivity index (χ1v) is 9.86. The summed E-state index contributed by atoms with van der Waals surface area (Å²) in [5.41, 5.74) is 2.54. The minimum absolute atomic E-state index is 0.0272. The molecule has 0 atom stereocenters. The van der Waals surface area contributed by atoms with Crippen LogP contribution in [0.3, 0.4) is 0 Å². The lowest BCUT2D eigenvalue weighted by atomic mass is 10.2. The second-order valence-corrected chi connectivity index (χ2v) is 6.97. The van der Waals surface area contributed by atoms with Gasteiger partial charge >= 0.3 is 6.09 Å². The van der Waals surface area contributed by atoms with Gasteiger partial charge in [-0.1, -0.05) is 24.3 Å². The van der Waals surface area contributed by atoms with E-state index in [-0.39, 0.29) is 12.0 Å². The Kier molecular flexibility index (Phi) is 5.46. The summed E-state index contributed by atoms with van der Waals surface area (Å²) < 4.78 is 7.09. The van der Waals surface area contributed by atoms with Gasteiger partial charge in [0.2, 0.25) is 0 Å². The van der Waals surface area contributed by atoms with Crippen molar-refractivity contribution >= 4 is 22.9 Å². The highest BCUT2D eigenvalue weighted by molar-refractivity contribution is 5.99. The van der Waals surface area contributed by atoms with Gasteiger partial charge in [0.25, 0.3) is 5.91 Å². The summed E-state index contributed by atoms with van der Waals surface area (Å²) >= 11 is 0. The molecular formula is C22H24N4O3. The fourth-order valence-electron chi connectivity index (χ4n) is 3.68. The Balaban J connectivity index is 1.58. The summed E-state index contributed by atoms with van der Waals surface area (Å²) in [5, 5.41) is 1.02. The third-order valence-corrected chi connectivity index (χ3v) is 5.17. The van der Waals surface area contributed by atoms with Gasteiger partial charge in [-0.15, -0.1) is 0 Å². The number of para-hydroxylation sites is 1. The Morgan fingerprint density at radius 3 is 2.45 bits per heavy atom. The maximum absolute atomic E-state index is 13.3. The number of hydrogen-bond donors (Lipinski definition) is 0. The van der Waals surface area contributed by atoms with Crippen LogP contribution in [0.4, 0.5) is 4.79 Å². The summed E-state index contributed by atoms with van der Waals surface area (Å²) in [6.07, 6.45) is 1.45. The molecule has 3 heterocycles. The van der Waals surface area contributed by atoms with E-state index in [1.54, 1.807) is 22.9 Å². The van der Waals surface area contributed by atoms with Gasteiger partial charge < -0.3 is 19.1 Å². The summed E-state index contributed by atoms with van der Waals surface area (Å²) in [5.74, 6) is -0.0272. The van der Waals surface area contributed by atoms with Crippen LogP contribution in [-0.4, -0.2) is 64.1 Å². The summed E-state index contributed by atoms with van der Waals surface area (Å²) in [6, 6.07) is 15.7. The highest BCUT2D eigenvalue weighted by Gasteiger charge is 2.27. The fraction of sp³-hybridized carbons (Fsp3) is 0.318. The van der Waals surface area contributed by atoms with E-state index in [4.69, 9.17) is 4.74 Å². The van der Waals surface area contributed by atoms with Gasteiger partial charge in [0.05, 0.1) is 18.8 Å². The van der Waals surface area contributed by atoms with Crippen LogP contribution in [0.15, 0.2) is 54.7 Å². The summed E-state index contributed by atoms with van der Waals surface area (Å²) in [6.45, 7) is 4.60. The van der Waals surface area contributed by atoms with Crippen molar-refractivity contribution in [3.05, 3.63) is 66.1 Å². The molecule has 150 valence electrons. The monoisotopic (exact) mass is 392 g/mol. The van der Waals surface area contributed by atoms with Gasteiger partial charge in [-0.3, -0.25) is 9.78 Å². The van der Waals surface area contributed by atoms with Crippen molar-refractivity contribution in [2.45, 2.75) is 13.5 Å². The zero-order valence-corrected chi connectivity index (χ0v) is 16.5. The van der Waals surface area contributed by atoms with Crippen molar-refractivity contribution in [3.63, 3.8) is 0 Å². The van der Waals surface area contributed by atoms with Crippen LogP contribution in [0.2, 0.25) is 0 Å². The molecule has 1 aromatic carbocycles.